The fraction of sp³-hybridized carbons (Fsp3) is 0.125. The summed E-state index contributed by atoms with van der Waals surface area (Å²) in [5, 5.41) is 13.5. The molecule has 0 atom stereocenters. The molecule has 2 rings (SSSR count). The van der Waals surface area contributed by atoms with Crippen LogP contribution in [0.15, 0.2) is 41.3 Å². The van der Waals surface area contributed by atoms with E-state index in [1.165, 1.54) is 11.8 Å². The van der Waals surface area contributed by atoms with Crippen LogP contribution in [0.3, 0.4) is 0 Å². The Morgan fingerprint density at radius 1 is 1.17 bits per heavy atom. The van der Waals surface area contributed by atoms with Crippen LogP contribution in [-0.4, -0.2) is 18.2 Å². The maximum atomic E-state index is 13.5. The van der Waals surface area contributed by atoms with E-state index in [0.29, 0.717) is 22.7 Å². The van der Waals surface area contributed by atoms with Crippen molar-refractivity contribution in [2.75, 3.05) is 22.9 Å². The molecule has 0 fully saturated rings. The van der Waals surface area contributed by atoms with E-state index < -0.39 is 35.6 Å². The van der Waals surface area contributed by atoms with Gasteiger partial charge >= 0.3 is 0 Å². The van der Waals surface area contributed by atoms with E-state index in [4.69, 9.17) is 5.26 Å². The summed E-state index contributed by atoms with van der Waals surface area (Å²) in [5.41, 5.74) is -0.0803. The molecule has 24 heavy (non-hydrogen) atoms. The maximum absolute atomic E-state index is 13.5. The fourth-order valence-corrected chi connectivity index (χ4v) is 2.55. The lowest BCUT2D eigenvalue weighted by Gasteiger charge is -2.11. The van der Waals surface area contributed by atoms with Gasteiger partial charge in [0.25, 0.3) is 0 Å². The van der Waals surface area contributed by atoms with E-state index in [1.54, 1.807) is 24.3 Å². The highest BCUT2D eigenvalue weighted by Crippen LogP contribution is 2.26. The SMILES string of the molecule is N#CCSc1ccccc1NC(=O)CNc1c(F)cc(F)cc1F. The molecule has 0 radical (unpaired) electrons. The van der Waals surface area contributed by atoms with Crippen molar-refractivity contribution < 1.29 is 18.0 Å². The molecule has 0 aliphatic carbocycles. The van der Waals surface area contributed by atoms with Gasteiger partial charge in [-0.3, -0.25) is 4.79 Å². The summed E-state index contributed by atoms with van der Waals surface area (Å²) in [6.45, 7) is -0.406. The average molecular weight is 351 g/mol. The number of nitrogens with one attached hydrogen (secondary N) is 2. The number of nitrogens with zero attached hydrogens (tertiary/aromatic N) is 1. The van der Waals surface area contributed by atoms with Crippen molar-refractivity contribution in [2.45, 2.75) is 4.90 Å². The lowest BCUT2D eigenvalue weighted by molar-refractivity contribution is -0.114. The van der Waals surface area contributed by atoms with Crippen LogP contribution in [0.4, 0.5) is 24.5 Å². The van der Waals surface area contributed by atoms with Crippen LogP contribution in [0.5, 0.6) is 0 Å². The third-order valence-corrected chi connectivity index (χ3v) is 3.83. The van der Waals surface area contributed by atoms with Crippen LogP contribution < -0.4 is 10.6 Å². The largest absolute Gasteiger partial charge is 0.371 e. The monoisotopic (exact) mass is 351 g/mol. The van der Waals surface area contributed by atoms with E-state index in [-0.39, 0.29) is 5.75 Å². The number of carbonyl (C=O) groups excluding carboxylic acids is 1. The highest BCUT2D eigenvalue weighted by molar-refractivity contribution is 7.99. The number of carbonyl (C=O) groups is 1. The molecule has 0 bridgehead atoms. The predicted molar refractivity (Wildman–Crippen MR) is 86.2 cm³/mol. The van der Waals surface area contributed by atoms with E-state index >= 15 is 0 Å². The molecule has 8 heteroatoms. The van der Waals surface area contributed by atoms with Gasteiger partial charge in [-0.1, -0.05) is 12.1 Å². The van der Waals surface area contributed by atoms with E-state index in [1.807, 2.05) is 6.07 Å². The van der Waals surface area contributed by atoms with Crippen molar-refractivity contribution in [1.82, 2.24) is 0 Å². The van der Waals surface area contributed by atoms with Gasteiger partial charge in [0, 0.05) is 17.0 Å². The van der Waals surface area contributed by atoms with Crippen molar-refractivity contribution in [3.05, 3.63) is 53.8 Å². The Morgan fingerprint density at radius 3 is 2.50 bits per heavy atom. The Balaban J connectivity index is 2.01. The minimum Gasteiger partial charge on any atom is -0.371 e. The lowest BCUT2D eigenvalue weighted by atomic mass is 10.2. The molecule has 0 heterocycles. The molecule has 0 saturated carbocycles. The summed E-state index contributed by atoms with van der Waals surface area (Å²) in [7, 11) is 0. The summed E-state index contributed by atoms with van der Waals surface area (Å²) in [6.07, 6.45) is 0. The highest BCUT2D eigenvalue weighted by Gasteiger charge is 2.13. The number of nitriles is 1. The third kappa shape index (κ3) is 4.67. The number of para-hydroxylation sites is 1. The molecular formula is C16H12F3N3OS. The van der Waals surface area contributed by atoms with Gasteiger partial charge in [-0.25, -0.2) is 13.2 Å². The van der Waals surface area contributed by atoms with Crippen molar-refractivity contribution in [3.63, 3.8) is 0 Å². The molecule has 1 amide bonds. The first-order valence-electron chi connectivity index (χ1n) is 6.78. The van der Waals surface area contributed by atoms with Crippen LogP contribution in [0.1, 0.15) is 0 Å². The maximum Gasteiger partial charge on any atom is 0.243 e. The molecule has 2 aromatic rings. The predicted octanol–water partition coefficient (Wildman–Crippen LogP) is 3.77. The van der Waals surface area contributed by atoms with Gasteiger partial charge < -0.3 is 10.6 Å². The second-order valence-electron chi connectivity index (χ2n) is 4.59. The molecule has 0 aromatic heterocycles. The van der Waals surface area contributed by atoms with Gasteiger partial charge in [-0.15, -0.1) is 11.8 Å². The topological polar surface area (TPSA) is 64.9 Å². The number of anilines is 2. The molecule has 0 saturated heterocycles. The molecule has 4 nitrogen and oxygen atoms in total. The number of hydrogen-bond donors (Lipinski definition) is 2. The second-order valence-corrected chi connectivity index (χ2v) is 5.61. The first kappa shape index (κ1) is 17.7. The van der Waals surface area contributed by atoms with Crippen molar-refractivity contribution in [1.29, 1.82) is 5.26 Å². The molecule has 0 aliphatic heterocycles. The Bertz CT molecular complexity index is 769. The van der Waals surface area contributed by atoms with Crippen molar-refractivity contribution in [2.24, 2.45) is 0 Å². The van der Waals surface area contributed by atoms with Gasteiger partial charge in [0.1, 0.15) is 11.5 Å². The van der Waals surface area contributed by atoms with Gasteiger partial charge in [0.05, 0.1) is 24.1 Å². The summed E-state index contributed by atoms with van der Waals surface area (Å²) < 4.78 is 39.8. The summed E-state index contributed by atoms with van der Waals surface area (Å²) in [5.74, 6) is -3.60. The quantitative estimate of drug-likeness (QED) is 0.778. The van der Waals surface area contributed by atoms with Crippen molar-refractivity contribution in [3.8, 4) is 6.07 Å². The lowest BCUT2D eigenvalue weighted by Crippen LogP contribution is -2.23. The fourth-order valence-electron chi connectivity index (χ4n) is 1.88. The number of rotatable bonds is 6. The van der Waals surface area contributed by atoms with Crippen LogP contribution in [-0.2, 0) is 4.79 Å². The van der Waals surface area contributed by atoms with Gasteiger partial charge in [-0.2, -0.15) is 5.26 Å². The minimum atomic E-state index is -1.12. The van der Waals surface area contributed by atoms with Gasteiger partial charge in [-0.05, 0) is 12.1 Å². The summed E-state index contributed by atoms with van der Waals surface area (Å²) in [6, 6.07) is 9.89. The molecule has 124 valence electrons. The zero-order chi connectivity index (χ0) is 17.5. The molecular weight excluding hydrogens is 339 g/mol. The van der Waals surface area contributed by atoms with Gasteiger partial charge in [0.15, 0.2) is 11.6 Å². The second kappa shape index (κ2) is 8.26. The summed E-state index contributed by atoms with van der Waals surface area (Å²) >= 11 is 1.25. The average Bonchev–Trinajstić information content (AvgIpc) is 2.53. The molecule has 2 aromatic carbocycles. The third-order valence-electron chi connectivity index (χ3n) is 2.89. The Hall–Kier alpha value is -2.66. The Labute approximate surface area is 140 Å². The van der Waals surface area contributed by atoms with Gasteiger partial charge in [0.2, 0.25) is 5.91 Å². The molecule has 2 N–H and O–H groups in total. The standard InChI is InChI=1S/C16H12F3N3OS/c17-10-7-11(18)16(12(19)8-10)21-9-15(23)22-13-3-1-2-4-14(13)24-6-5-20/h1-4,7-8,21H,6,9H2,(H,22,23). The Morgan fingerprint density at radius 2 is 1.83 bits per heavy atom. The zero-order valence-electron chi connectivity index (χ0n) is 12.3. The summed E-state index contributed by atoms with van der Waals surface area (Å²) in [4.78, 5) is 12.6. The zero-order valence-corrected chi connectivity index (χ0v) is 13.1. The van der Waals surface area contributed by atoms with E-state index in [2.05, 4.69) is 10.6 Å². The number of thioether (sulfide) groups is 1. The highest BCUT2D eigenvalue weighted by atomic mass is 32.2. The smallest absolute Gasteiger partial charge is 0.243 e. The van der Waals surface area contributed by atoms with E-state index in [0.717, 1.165) is 0 Å². The number of hydrogen-bond acceptors (Lipinski definition) is 4. The van der Waals surface area contributed by atoms with Crippen LogP contribution in [0, 0.1) is 28.8 Å². The number of amides is 1. The minimum absolute atomic E-state index is 0.219. The van der Waals surface area contributed by atoms with Crippen LogP contribution in [0.2, 0.25) is 0 Å². The van der Waals surface area contributed by atoms with Crippen LogP contribution in [0.25, 0.3) is 0 Å². The molecule has 0 aliphatic rings. The number of halogens is 3. The molecule has 0 unspecified atom stereocenters. The van der Waals surface area contributed by atoms with Crippen LogP contribution >= 0.6 is 11.8 Å². The molecule has 0 spiro atoms. The van der Waals surface area contributed by atoms with E-state index in [9.17, 15) is 18.0 Å². The first-order chi connectivity index (χ1) is 11.5. The van der Waals surface area contributed by atoms with Crippen molar-refractivity contribution >= 4 is 29.0 Å². The number of benzene rings is 2. The first-order valence-corrected chi connectivity index (χ1v) is 7.77. The normalized spacial score (nSPS) is 10.1. The Kier molecular flexibility index (Phi) is 6.09.